The smallest absolute Gasteiger partial charge is 0.230 e. The Kier molecular flexibility index (Phi) is 3.04. The summed E-state index contributed by atoms with van der Waals surface area (Å²) in [5.41, 5.74) is 1.01. The van der Waals surface area contributed by atoms with Crippen LogP contribution in [0.5, 0.6) is 0 Å². The van der Waals surface area contributed by atoms with Gasteiger partial charge >= 0.3 is 0 Å². The molecule has 2 fully saturated rings. The van der Waals surface area contributed by atoms with Crippen molar-refractivity contribution in [1.82, 2.24) is 15.2 Å². The van der Waals surface area contributed by atoms with Crippen LogP contribution in [0.2, 0.25) is 0 Å². The molecule has 1 atom stereocenters. The molecule has 2 saturated heterocycles. The van der Waals surface area contributed by atoms with Gasteiger partial charge in [0, 0.05) is 32.0 Å². The number of piperidine rings is 1. The third kappa shape index (κ3) is 2.01. The summed E-state index contributed by atoms with van der Waals surface area (Å²) in [5.74, 6) is 0.332. The maximum Gasteiger partial charge on any atom is 0.230 e. The van der Waals surface area contributed by atoms with Crippen LogP contribution in [-0.2, 0) is 11.3 Å². The summed E-state index contributed by atoms with van der Waals surface area (Å²) in [7, 11) is 0. The molecule has 96 valence electrons. The molecule has 1 amide bonds. The van der Waals surface area contributed by atoms with Crippen LogP contribution in [0.1, 0.15) is 24.8 Å². The molecule has 0 radical (unpaired) electrons. The molecular formula is C14H19N3O. The maximum absolute atomic E-state index is 12.6. The SMILES string of the molecule is O=C1N(Cc2cccnc2)CC[C@@]12CCCNC2. The minimum Gasteiger partial charge on any atom is -0.338 e. The maximum atomic E-state index is 12.6. The molecule has 18 heavy (non-hydrogen) atoms. The van der Waals surface area contributed by atoms with E-state index in [1.807, 2.05) is 23.2 Å². The van der Waals surface area contributed by atoms with Gasteiger partial charge in [0.1, 0.15) is 0 Å². The van der Waals surface area contributed by atoms with Gasteiger partial charge in [-0.2, -0.15) is 0 Å². The van der Waals surface area contributed by atoms with E-state index in [0.717, 1.165) is 44.5 Å². The van der Waals surface area contributed by atoms with E-state index in [1.54, 1.807) is 6.20 Å². The van der Waals surface area contributed by atoms with Gasteiger partial charge in [-0.1, -0.05) is 6.07 Å². The molecule has 0 bridgehead atoms. The van der Waals surface area contributed by atoms with Crippen LogP contribution in [0.3, 0.4) is 0 Å². The van der Waals surface area contributed by atoms with Gasteiger partial charge in [0.2, 0.25) is 5.91 Å². The Morgan fingerprint density at radius 1 is 1.44 bits per heavy atom. The number of likely N-dealkylation sites (tertiary alicyclic amines) is 1. The third-order valence-corrected chi connectivity index (χ3v) is 4.17. The van der Waals surface area contributed by atoms with E-state index >= 15 is 0 Å². The first kappa shape index (κ1) is 11.7. The number of carbonyl (C=O) groups is 1. The Labute approximate surface area is 107 Å². The molecule has 3 heterocycles. The van der Waals surface area contributed by atoms with E-state index in [4.69, 9.17) is 0 Å². The minimum absolute atomic E-state index is 0.111. The average molecular weight is 245 g/mol. The van der Waals surface area contributed by atoms with Gasteiger partial charge in [-0.15, -0.1) is 0 Å². The van der Waals surface area contributed by atoms with Crippen molar-refractivity contribution in [2.75, 3.05) is 19.6 Å². The predicted octanol–water partition coefficient (Wildman–Crippen LogP) is 1.18. The molecule has 1 N–H and O–H groups in total. The molecule has 0 aliphatic carbocycles. The fraction of sp³-hybridized carbons (Fsp3) is 0.571. The van der Waals surface area contributed by atoms with Gasteiger partial charge < -0.3 is 10.2 Å². The molecule has 0 saturated carbocycles. The summed E-state index contributed by atoms with van der Waals surface area (Å²) in [6.07, 6.45) is 6.77. The largest absolute Gasteiger partial charge is 0.338 e. The lowest BCUT2D eigenvalue weighted by molar-refractivity contribution is -0.137. The summed E-state index contributed by atoms with van der Waals surface area (Å²) in [5, 5.41) is 3.37. The number of nitrogens with zero attached hydrogens (tertiary/aromatic N) is 2. The first-order chi connectivity index (χ1) is 8.80. The Bertz CT molecular complexity index is 426. The highest BCUT2D eigenvalue weighted by Crippen LogP contribution is 2.38. The summed E-state index contributed by atoms with van der Waals surface area (Å²) in [4.78, 5) is 18.6. The summed E-state index contributed by atoms with van der Waals surface area (Å²) < 4.78 is 0. The number of hydrogen-bond acceptors (Lipinski definition) is 3. The number of carbonyl (C=O) groups excluding carboxylic acids is 1. The lowest BCUT2D eigenvalue weighted by Gasteiger charge is -2.32. The Morgan fingerprint density at radius 3 is 3.11 bits per heavy atom. The van der Waals surface area contributed by atoms with Crippen LogP contribution in [0.15, 0.2) is 24.5 Å². The van der Waals surface area contributed by atoms with E-state index in [-0.39, 0.29) is 5.41 Å². The highest BCUT2D eigenvalue weighted by Gasteiger charge is 2.46. The Balaban J connectivity index is 1.71. The number of amides is 1. The summed E-state index contributed by atoms with van der Waals surface area (Å²) in [6.45, 7) is 3.50. The second kappa shape index (κ2) is 4.69. The first-order valence-electron chi connectivity index (χ1n) is 6.69. The summed E-state index contributed by atoms with van der Waals surface area (Å²) >= 11 is 0. The van der Waals surface area contributed by atoms with Crippen LogP contribution in [-0.4, -0.2) is 35.4 Å². The number of nitrogens with one attached hydrogen (secondary N) is 1. The fourth-order valence-corrected chi connectivity index (χ4v) is 3.12. The lowest BCUT2D eigenvalue weighted by Crippen LogP contribution is -2.45. The number of aromatic nitrogens is 1. The van der Waals surface area contributed by atoms with E-state index in [1.165, 1.54) is 0 Å². The Hall–Kier alpha value is -1.42. The van der Waals surface area contributed by atoms with Crippen molar-refractivity contribution in [1.29, 1.82) is 0 Å². The zero-order valence-corrected chi connectivity index (χ0v) is 10.6. The fourth-order valence-electron chi connectivity index (χ4n) is 3.12. The highest BCUT2D eigenvalue weighted by atomic mass is 16.2. The van der Waals surface area contributed by atoms with Gasteiger partial charge in [0.15, 0.2) is 0 Å². The molecule has 0 unspecified atom stereocenters. The molecule has 4 heteroatoms. The van der Waals surface area contributed by atoms with Gasteiger partial charge in [-0.05, 0) is 37.4 Å². The molecule has 2 aliphatic heterocycles. The average Bonchev–Trinajstić information content (AvgIpc) is 2.71. The quantitative estimate of drug-likeness (QED) is 0.851. The third-order valence-electron chi connectivity index (χ3n) is 4.17. The molecule has 1 aromatic rings. The van der Waals surface area contributed by atoms with Crippen LogP contribution >= 0.6 is 0 Å². The van der Waals surface area contributed by atoms with E-state index < -0.39 is 0 Å². The zero-order chi connectivity index (χ0) is 12.4. The zero-order valence-electron chi connectivity index (χ0n) is 10.6. The van der Waals surface area contributed by atoms with Crippen molar-refractivity contribution in [3.63, 3.8) is 0 Å². The van der Waals surface area contributed by atoms with E-state index in [0.29, 0.717) is 12.5 Å². The molecule has 3 rings (SSSR count). The second-order valence-corrected chi connectivity index (χ2v) is 5.40. The normalized spacial score (nSPS) is 28.0. The van der Waals surface area contributed by atoms with Crippen molar-refractivity contribution < 1.29 is 4.79 Å². The van der Waals surface area contributed by atoms with Crippen LogP contribution in [0.25, 0.3) is 0 Å². The number of hydrogen-bond donors (Lipinski definition) is 1. The topological polar surface area (TPSA) is 45.2 Å². The van der Waals surface area contributed by atoms with Crippen molar-refractivity contribution in [2.24, 2.45) is 5.41 Å². The van der Waals surface area contributed by atoms with E-state index in [2.05, 4.69) is 10.3 Å². The second-order valence-electron chi connectivity index (χ2n) is 5.40. The molecular weight excluding hydrogens is 226 g/mol. The number of pyridine rings is 1. The van der Waals surface area contributed by atoms with Gasteiger partial charge in [-0.3, -0.25) is 9.78 Å². The van der Waals surface area contributed by atoms with Gasteiger partial charge in [0.25, 0.3) is 0 Å². The highest BCUT2D eigenvalue weighted by molar-refractivity contribution is 5.85. The van der Waals surface area contributed by atoms with Crippen LogP contribution in [0, 0.1) is 5.41 Å². The van der Waals surface area contributed by atoms with Crippen molar-refractivity contribution in [3.8, 4) is 0 Å². The van der Waals surface area contributed by atoms with E-state index in [9.17, 15) is 4.79 Å². The van der Waals surface area contributed by atoms with Crippen LogP contribution in [0.4, 0.5) is 0 Å². The molecule has 1 aromatic heterocycles. The summed E-state index contributed by atoms with van der Waals surface area (Å²) in [6, 6.07) is 3.96. The van der Waals surface area contributed by atoms with Crippen molar-refractivity contribution >= 4 is 5.91 Å². The molecule has 0 aromatic carbocycles. The first-order valence-corrected chi connectivity index (χ1v) is 6.69. The lowest BCUT2D eigenvalue weighted by atomic mass is 9.79. The van der Waals surface area contributed by atoms with Crippen molar-refractivity contribution in [3.05, 3.63) is 30.1 Å². The molecule has 4 nitrogen and oxygen atoms in total. The minimum atomic E-state index is -0.111. The number of rotatable bonds is 2. The van der Waals surface area contributed by atoms with Crippen molar-refractivity contribution in [2.45, 2.75) is 25.8 Å². The Morgan fingerprint density at radius 2 is 2.39 bits per heavy atom. The molecule has 2 aliphatic rings. The monoisotopic (exact) mass is 245 g/mol. The van der Waals surface area contributed by atoms with Crippen LogP contribution < -0.4 is 5.32 Å². The molecule has 1 spiro atoms. The standard InChI is InChI=1S/C14H19N3O/c18-13-14(4-2-7-16-11-14)5-8-17(13)10-12-3-1-6-15-9-12/h1,3,6,9,16H,2,4-5,7-8,10-11H2/t14-/m1/s1. The van der Waals surface area contributed by atoms with Gasteiger partial charge in [0.05, 0.1) is 5.41 Å². The van der Waals surface area contributed by atoms with Gasteiger partial charge in [-0.25, -0.2) is 0 Å². The predicted molar refractivity (Wildman–Crippen MR) is 68.8 cm³/mol.